The van der Waals surface area contributed by atoms with E-state index in [4.69, 9.17) is 9.47 Å². The number of amides is 1. The van der Waals surface area contributed by atoms with E-state index in [1.54, 1.807) is 26.0 Å². The minimum atomic E-state index is -0.100. The summed E-state index contributed by atoms with van der Waals surface area (Å²) in [7, 11) is 5.06. The molecule has 0 bridgehead atoms. The first-order valence-corrected chi connectivity index (χ1v) is 8.38. The Balaban J connectivity index is 2.32. The van der Waals surface area contributed by atoms with Crippen LogP contribution in [-0.2, 0) is 15.0 Å². The summed E-state index contributed by atoms with van der Waals surface area (Å²) in [5, 5.41) is 0. The fourth-order valence-electron chi connectivity index (χ4n) is 3.40. The standard InChI is InChI=1S/C19H27NO4/c1-14(21)20(2)12-11-19(9-7-16(22)8-10-19)15-5-6-17(23-3)18(13-15)24-4/h5-6,13H,7-12H2,1-4H3. The number of hydrogen-bond donors (Lipinski definition) is 0. The van der Waals surface area contributed by atoms with Crippen molar-refractivity contribution in [3.63, 3.8) is 0 Å². The summed E-state index contributed by atoms with van der Waals surface area (Å²) in [6.07, 6.45) is 3.65. The third-order valence-electron chi connectivity index (χ3n) is 5.22. The first kappa shape index (κ1) is 18.3. The number of ketones is 1. The third kappa shape index (κ3) is 3.89. The lowest BCUT2D eigenvalue weighted by Gasteiger charge is -2.38. The number of rotatable bonds is 6. The molecule has 2 rings (SSSR count). The lowest BCUT2D eigenvalue weighted by Crippen LogP contribution is -2.37. The average molecular weight is 333 g/mol. The summed E-state index contributed by atoms with van der Waals surface area (Å²) < 4.78 is 10.8. The predicted octanol–water partition coefficient (Wildman–Crippen LogP) is 2.95. The van der Waals surface area contributed by atoms with Gasteiger partial charge in [-0.1, -0.05) is 6.07 Å². The van der Waals surface area contributed by atoms with Gasteiger partial charge in [0.1, 0.15) is 5.78 Å². The maximum absolute atomic E-state index is 11.7. The summed E-state index contributed by atoms with van der Waals surface area (Å²) >= 11 is 0. The number of nitrogens with zero attached hydrogens (tertiary/aromatic N) is 1. The van der Waals surface area contributed by atoms with E-state index in [9.17, 15) is 9.59 Å². The number of benzene rings is 1. The average Bonchev–Trinajstić information content (AvgIpc) is 2.60. The largest absolute Gasteiger partial charge is 0.493 e. The maximum atomic E-state index is 11.7. The summed E-state index contributed by atoms with van der Waals surface area (Å²) in [5.41, 5.74) is 1.06. The number of carbonyl (C=O) groups is 2. The molecular formula is C19H27NO4. The molecule has 132 valence electrons. The van der Waals surface area contributed by atoms with Crippen LogP contribution in [0.15, 0.2) is 18.2 Å². The Kier molecular flexibility index (Phi) is 5.86. The van der Waals surface area contributed by atoms with Gasteiger partial charge in [-0.05, 0) is 42.4 Å². The van der Waals surface area contributed by atoms with Crippen molar-refractivity contribution in [1.82, 2.24) is 4.90 Å². The zero-order chi connectivity index (χ0) is 17.7. The normalized spacial score (nSPS) is 16.6. The van der Waals surface area contributed by atoms with Gasteiger partial charge in [-0.15, -0.1) is 0 Å². The molecule has 0 aliphatic heterocycles. The Bertz CT molecular complexity index is 601. The van der Waals surface area contributed by atoms with Gasteiger partial charge in [-0.25, -0.2) is 0 Å². The molecule has 1 fully saturated rings. The second kappa shape index (κ2) is 7.69. The van der Waals surface area contributed by atoms with E-state index in [1.807, 2.05) is 19.2 Å². The van der Waals surface area contributed by atoms with Gasteiger partial charge >= 0.3 is 0 Å². The smallest absolute Gasteiger partial charge is 0.219 e. The van der Waals surface area contributed by atoms with Crippen molar-refractivity contribution < 1.29 is 19.1 Å². The SMILES string of the molecule is COc1ccc(C2(CCN(C)C(C)=O)CCC(=O)CC2)cc1OC. The van der Waals surface area contributed by atoms with E-state index >= 15 is 0 Å². The van der Waals surface area contributed by atoms with Crippen molar-refractivity contribution in [2.45, 2.75) is 44.4 Å². The molecule has 24 heavy (non-hydrogen) atoms. The third-order valence-corrected chi connectivity index (χ3v) is 5.22. The fraction of sp³-hybridized carbons (Fsp3) is 0.579. The molecule has 1 aliphatic rings. The van der Waals surface area contributed by atoms with Crippen LogP contribution in [0.2, 0.25) is 0 Å². The first-order chi connectivity index (χ1) is 11.4. The highest BCUT2D eigenvalue weighted by atomic mass is 16.5. The van der Waals surface area contributed by atoms with E-state index in [0.717, 1.165) is 24.8 Å². The van der Waals surface area contributed by atoms with Crippen LogP contribution in [0.5, 0.6) is 11.5 Å². The molecule has 0 unspecified atom stereocenters. The van der Waals surface area contributed by atoms with Gasteiger partial charge in [0.15, 0.2) is 11.5 Å². The van der Waals surface area contributed by atoms with Crippen molar-refractivity contribution in [3.05, 3.63) is 23.8 Å². The Morgan fingerprint density at radius 2 is 1.79 bits per heavy atom. The molecule has 1 aromatic rings. The molecule has 0 radical (unpaired) electrons. The molecule has 0 aromatic heterocycles. The zero-order valence-electron chi connectivity index (χ0n) is 15.1. The van der Waals surface area contributed by atoms with Crippen molar-refractivity contribution in [3.8, 4) is 11.5 Å². The topological polar surface area (TPSA) is 55.8 Å². The molecule has 1 amide bonds. The summed E-state index contributed by atoms with van der Waals surface area (Å²) in [6.45, 7) is 2.26. The van der Waals surface area contributed by atoms with Gasteiger partial charge in [0.2, 0.25) is 5.91 Å². The lowest BCUT2D eigenvalue weighted by atomic mass is 9.67. The van der Waals surface area contributed by atoms with Crippen molar-refractivity contribution >= 4 is 11.7 Å². The van der Waals surface area contributed by atoms with Gasteiger partial charge in [0.25, 0.3) is 0 Å². The van der Waals surface area contributed by atoms with Gasteiger partial charge in [0.05, 0.1) is 14.2 Å². The first-order valence-electron chi connectivity index (χ1n) is 8.38. The van der Waals surface area contributed by atoms with E-state index in [1.165, 1.54) is 0 Å². The van der Waals surface area contributed by atoms with Gasteiger partial charge in [-0.2, -0.15) is 0 Å². The Morgan fingerprint density at radius 3 is 2.33 bits per heavy atom. The van der Waals surface area contributed by atoms with Gasteiger partial charge < -0.3 is 14.4 Å². The highest BCUT2D eigenvalue weighted by molar-refractivity contribution is 5.79. The minimum Gasteiger partial charge on any atom is -0.493 e. The van der Waals surface area contributed by atoms with E-state index in [0.29, 0.717) is 36.7 Å². The molecule has 1 aromatic carbocycles. The second-order valence-electron chi connectivity index (χ2n) is 6.58. The zero-order valence-corrected chi connectivity index (χ0v) is 15.1. The molecular weight excluding hydrogens is 306 g/mol. The highest BCUT2D eigenvalue weighted by Crippen LogP contribution is 2.43. The summed E-state index contributed by atoms with van der Waals surface area (Å²) in [6, 6.07) is 5.99. The van der Waals surface area contributed by atoms with Crippen molar-refractivity contribution in [2.24, 2.45) is 0 Å². The highest BCUT2D eigenvalue weighted by Gasteiger charge is 2.37. The molecule has 1 aliphatic carbocycles. The molecule has 0 saturated heterocycles. The van der Waals surface area contributed by atoms with Gasteiger partial charge in [0, 0.05) is 33.4 Å². The van der Waals surface area contributed by atoms with E-state index < -0.39 is 0 Å². The van der Waals surface area contributed by atoms with Crippen LogP contribution < -0.4 is 9.47 Å². The Morgan fingerprint density at radius 1 is 1.17 bits per heavy atom. The quantitative estimate of drug-likeness (QED) is 0.803. The molecule has 1 saturated carbocycles. The molecule has 0 spiro atoms. The number of hydrogen-bond acceptors (Lipinski definition) is 4. The molecule has 0 heterocycles. The Hall–Kier alpha value is -2.04. The van der Waals surface area contributed by atoms with Crippen LogP contribution in [0, 0.1) is 0 Å². The van der Waals surface area contributed by atoms with Crippen LogP contribution in [0.25, 0.3) is 0 Å². The summed E-state index contributed by atoms with van der Waals surface area (Å²) in [4.78, 5) is 25.0. The molecule has 0 atom stereocenters. The number of methoxy groups -OCH3 is 2. The van der Waals surface area contributed by atoms with Gasteiger partial charge in [-0.3, -0.25) is 9.59 Å². The maximum Gasteiger partial charge on any atom is 0.219 e. The summed E-state index contributed by atoms with van der Waals surface area (Å²) in [5.74, 6) is 1.78. The van der Waals surface area contributed by atoms with E-state index in [2.05, 4.69) is 6.07 Å². The van der Waals surface area contributed by atoms with Crippen molar-refractivity contribution in [1.29, 1.82) is 0 Å². The molecule has 0 N–H and O–H groups in total. The monoisotopic (exact) mass is 333 g/mol. The fourth-order valence-corrected chi connectivity index (χ4v) is 3.40. The van der Waals surface area contributed by atoms with Crippen LogP contribution in [0.3, 0.4) is 0 Å². The Labute approximate surface area is 143 Å². The van der Waals surface area contributed by atoms with Crippen LogP contribution in [0.1, 0.15) is 44.6 Å². The van der Waals surface area contributed by atoms with Crippen LogP contribution >= 0.6 is 0 Å². The molecule has 5 nitrogen and oxygen atoms in total. The van der Waals surface area contributed by atoms with E-state index in [-0.39, 0.29) is 11.3 Å². The molecule has 5 heteroatoms. The van der Waals surface area contributed by atoms with Crippen molar-refractivity contribution in [2.75, 3.05) is 27.8 Å². The number of ether oxygens (including phenoxy) is 2. The van der Waals surface area contributed by atoms with Crippen LogP contribution in [-0.4, -0.2) is 44.4 Å². The van der Waals surface area contributed by atoms with Crippen LogP contribution in [0.4, 0.5) is 0 Å². The number of Topliss-reactive ketones (excluding diaryl/α,β-unsaturated/α-hetero) is 1. The predicted molar refractivity (Wildman–Crippen MR) is 92.6 cm³/mol. The minimum absolute atomic E-state index is 0.0596. The number of carbonyl (C=O) groups excluding carboxylic acids is 2. The lowest BCUT2D eigenvalue weighted by molar-refractivity contribution is -0.128. The second-order valence-corrected chi connectivity index (χ2v) is 6.58.